The zero-order valence-corrected chi connectivity index (χ0v) is 16.3. The highest BCUT2D eigenvalue weighted by Crippen LogP contribution is 2.17. The van der Waals surface area contributed by atoms with Crippen molar-refractivity contribution in [3.63, 3.8) is 0 Å². The molecule has 1 aromatic heterocycles. The molecule has 8 heteroatoms. The van der Waals surface area contributed by atoms with Crippen LogP contribution in [-0.2, 0) is 10.0 Å². The smallest absolute Gasteiger partial charge is 0.256 e. The lowest BCUT2D eigenvalue weighted by atomic mass is 10.2. The second-order valence-electron chi connectivity index (χ2n) is 5.67. The summed E-state index contributed by atoms with van der Waals surface area (Å²) in [6.45, 7) is 8.61. The SMILES string of the molecule is C=CCNc1ccc(NC(=O)c2ccc(S(=O)(=O)N(CC)CC)cc2)nc1. The highest BCUT2D eigenvalue weighted by Gasteiger charge is 2.21. The molecule has 27 heavy (non-hydrogen) atoms. The normalized spacial score (nSPS) is 11.2. The predicted octanol–water partition coefficient (Wildman–Crippen LogP) is 2.96. The highest BCUT2D eigenvalue weighted by molar-refractivity contribution is 7.89. The predicted molar refractivity (Wildman–Crippen MR) is 107 cm³/mol. The molecule has 1 aromatic carbocycles. The molecule has 0 saturated heterocycles. The van der Waals surface area contributed by atoms with Gasteiger partial charge >= 0.3 is 0 Å². The number of carbonyl (C=O) groups is 1. The quantitative estimate of drug-likeness (QED) is 0.645. The van der Waals surface area contributed by atoms with Gasteiger partial charge in [0.25, 0.3) is 5.91 Å². The van der Waals surface area contributed by atoms with E-state index in [1.54, 1.807) is 38.3 Å². The number of amides is 1. The Morgan fingerprint density at radius 3 is 2.33 bits per heavy atom. The lowest BCUT2D eigenvalue weighted by molar-refractivity contribution is 0.102. The molecule has 0 aliphatic heterocycles. The Morgan fingerprint density at radius 2 is 1.81 bits per heavy atom. The first-order valence-electron chi connectivity index (χ1n) is 8.64. The molecule has 2 N–H and O–H groups in total. The molecule has 0 fully saturated rings. The van der Waals surface area contributed by atoms with Crippen LogP contribution in [0.1, 0.15) is 24.2 Å². The number of hydrogen-bond donors (Lipinski definition) is 2. The van der Waals surface area contributed by atoms with Gasteiger partial charge in [0, 0.05) is 25.2 Å². The Morgan fingerprint density at radius 1 is 1.15 bits per heavy atom. The van der Waals surface area contributed by atoms with E-state index in [9.17, 15) is 13.2 Å². The van der Waals surface area contributed by atoms with E-state index in [0.29, 0.717) is 31.0 Å². The maximum Gasteiger partial charge on any atom is 0.256 e. The van der Waals surface area contributed by atoms with E-state index in [0.717, 1.165) is 5.69 Å². The molecule has 0 unspecified atom stereocenters. The topological polar surface area (TPSA) is 91.4 Å². The van der Waals surface area contributed by atoms with E-state index in [-0.39, 0.29) is 10.8 Å². The molecule has 0 aliphatic rings. The number of rotatable bonds is 9. The van der Waals surface area contributed by atoms with Crippen LogP contribution in [0.2, 0.25) is 0 Å². The van der Waals surface area contributed by atoms with Gasteiger partial charge in [-0.3, -0.25) is 4.79 Å². The van der Waals surface area contributed by atoms with Crippen molar-refractivity contribution in [2.24, 2.45) is 0 Å². The van der Waals surface area contributed by atoms with Crippen LogP contribution in [-0.4, -0.2) is 43.2 Å². The molecule has 0 aliphatic carbocycles. The van der Waals surface area contributed by atoms with Gasteiger partial charge in [0.05, 0.1) is 16.8 Å². The van der Waals surface area contributed by atoms with E-state index in [2.05, 4.69) is 22.2 Å². The average Bonchev–Trinajstić information content (AvgIpc) is 2.68. The van der Waals surface area contributed by atoms with Crippen LogP contribution in [0.15, 0.2) is 60.1 Å². The fraction of sp³-hybridized carbons (Fsp3) is 0.263. The van der Waals surface area contributed by atoms with Gasteiger partial charge in [-0.05, 0) is 36.4 Å². The Kier molecular flexibility index (Phi) is 7.09. The monoisotopic (exact) mass is 388 g/mol. The lowest BCUT2D eigenvalue weighted by Gasteiger charge is -2.18. The van der Waals surface area contributed by atoms with Crippen LogP contribution < -0.4 is 10.6 Å². The minimum Gasteiger partial charge on any atom is -0.380 e. The summed E-state index contributed by atoms with van der Waals surface area (Å²) >= 11 is 0. The second-order valence-corrected chi connectivity index (χ2v) is 7.61. The fourth-order valence-corrected chi connectivity index (χ4v) is 3.90. The molecule has 0 radical (unpaired) electrons. The number of hydrogen-bond acceptors (Lipinski definition) is 5. The summed E-state index contributed by atoms with van der Waals surface area (Å²) in [4.78, 5) is 16.7. The number of benzene rings is 1. The average molecular weight is 388 g/mol. The van der Waals surface area contributed by atoms with Crippen LogP contribution in [0.25, 0.3) is 0 Å². The molecular weight excluding hydrogens is 364 g/mol. The van der Waals surface area contributed by atoms with Gasteiger partial charge in [-0.1, -0.05) is 19.9 Å². The molecule has 2 aromatic rings. The number of anilines is 2. The molecule has 7 nitrogen and oxygen atoms in total. The fourth-order valence-electron chi connectivity index (χ4n) is 2.44. The lowest BCUT2D eigenvalue weighted by Crippen LogP contribution is -2.30. The number of sulfonamides is 1. The number of nitrogens with zero attached hydrogens (tertiary/aromatic N) is 2. The molecule has 144 valence electrons. The minimum atomic E-state index is -3.54. The third kappa shape index (κ3) is 5.15. The maximum atomic E-state index is 12.5. The van der Waals surface area contributed by atoms with Crippen molar-refractivity contribution in [1.29, 1.82) is 0 Å². The van der Waals surface area contributed by atoms with Gasteiger partial charge < -0.3 is 10.6 Å². The van der Waals surface area contributed by atoms with Gasteiger partial charge in [0.15, 0.2) is 0 Å². The van der Waals surface area contributed by atoms with Crippen molar-refractivity contribution in [2.75, 3.05) is 30.3 Å². The van der Waals surface area contributed by atoms with Crippen molar-refractivity contribution in [2.45, 2.75) is 18.7 Å². The first-order chi connectivity index (χ1) is 12.9. The van der Waals surface area contributed by atoms with Crippen molar-refractivity contribution in [1.82, 2.24) is 9.29 Å². The Hall–Kier alpha value is -2.71. The van der Waals surface area contributed by atoms with Gasteiger partial charge in [-0.15, -0.1) is 6.58 Å². The zero-order valence-electron chi connectivity index (χ0n) is 15.5. The Labute approximate surface area is 160 Å². The van der Waals surface area contributed by atoms with Crippen molar-refractivity contribution < 1.29 is 13.2 Å². The summed E-state index contributed by atoms with van der Waals surface area (Å²) in [5.74, 6) is 0.0464. The number of pyridine rings is 1. The van der Waals surface area contributed by atoms with Crippen LogP contribution >= 0.6 is 0 Å². The summed E-state index contributed by atoms with van der Waals surface area (Å²) in [6.07, 6.45) is 3.35. The minimum absolute atomic E-state index is 0.165. The summed E-state index contributed by atoms with van der Waals surface area (Å²) in [7, 11) is -3.54. The number of aromatic nitrogens is 1. The van der Waals surface area contributed by atoms with Gasteiger partial charge in [0.2, 0.25) is 10.0 Å². The third-order valence-electron chi connectivity index (χ3n) is 3.92. The second kappa shape index (κ2) is 9.29. The summed E-state index contributed by atoms with van der Waals surface area (Å²) in [6, 6.07) is 9.35. The number of nitrogens with one attached hydrogen (secondary N) is 2. The van der Waals surface area contributed by atoms with Gasteiger partial charge in [-0.25, -0.2) is 13.4 Å². The van der Waals surface area contributed by atoms with Crippen molar-refractivity contribution >= 4 is 27.4 Å². The van der Waals surface area contributed by atoms with Crippen LogP contribution in [0.5, 0.6) is 0 Å². The molecule has 1 amide bonds. The standard InChI is InChI=1S/C19H24N4O3S/c1-4-13-20-16-9-12-18(21-14-16)22-19(24)15-7-10-17(11-8-15)27(25,26)23(5-2)6-3/h4,7-12,14,20H,1,5-6,13H2,2-3H3,(H,21,22,24). The highest BCUT2D eigenvalue weighted by atomic mass is 32.2. The molecule has 0 atom stereocenters. The van der Waals surface area contributed by atoms with E-state index in [1.807, 2.05) is 0 Å². The van der Waals surface area contributed by atoms with Crippen LogP contribution in [0.4, 0.5) is 11.5 Å². The zero-order chi connectivity index (χ0) is 19.9. The van der Waals surface area contributed by atoms with E-state index in [4.69, 9.17) is 0 Å². The van der Waals surface area contributed by atoms with Crippen LogP contribution in [0, 0.1) is 0 Å². The maximum absolute atomic E-state index is 12.5. The first kappa shape index (κ1) is 20.6. The third-order valence-corrected chi connectivity index (χ3v) is 5.98. The molecule has 0 saturated carbocycles. The summed E-state index contributed by atoms with van der Waals surface area (Å²) in [5.41, 5.74) is 1.17. The summed E-state index contributed by atoms with van der Waals surface area (Å²) < 4.78 is 26.3. The van der Waals surface area contributed by atoms with Gasteiger partial charge in [-0.2, -0.15) is 4.31 Å². The van der Waals surface area contributed by atoms with E-state index < -0.39 is 10.0 Å². The number of carbonyl (C=O) groups excluding carboxylic acids is 1. The summed E-state index contributed by atoms with van der Waals surface area (Å²) in [5, 5.41) is 5.78. The molecule has 1 heterocycles. The van der Waals surface area contributed by atoms with Gasteiger partial charge in [0.1, 0.15) is 5.82 Å². The largest absolute Gasteiger partial charge is 0.380 e. The Balaban J connectivity index is 2.08. The molecule has 0 bridgehead atoms. The molecular formula is C19H24N4O3S. The van der Waals surface area contributed by atoms with E-state index in [1.165, 1.54) is 28.6 Å². The van der Waals surface area contributed by atoms with Crippen LogP contribution in [0.3, 0.4) is 0 Å². The van der Waals surface area contributed by atoms with Crippen molar-refractivity contribution in [3.05, 3.63) is 60.8 Å². The Bertz CT molecular complexity index is 874. The van der Waals surface area contributed by atoms with Crippen molar-refractivity contribution in [3.8, 4) is 0 Å². The molecule has 2 rings (SSSR count). The first-order valence-corrected chi connectivity index (χ1v) is 10.1. The molecule has 0 spiro atoms. The van der Waals surface area contributed by atoms with E-state index >= 15 is 0 Å².